The number of hydrogen-bond acceptors (Lipinski definition) is 10. The van der Waals surface area contributed by atoms with E-state index >= 15 is 0 Å². The lowest BCUT2D eigenvalue weighted by Gasteiger charge is -2.35. The van der Waals surface area contributed by atoms with Gasteiger partial charge in [0.2, 0.25) is 11.7 Å². The van der Waals surface area contributed by atoms with Crippen molar-refractivity contribution >= 4 is 17.4 Å². The third-order valence-electron chi connectivity index (χ3n) is 7.50. The maximum Gasteiger partial charge on any atom is 0.291 e. The Hall–Kier alpha value is -5.31. The molecular weight excluding hydrogens is 522 g/mol. The van der Waals surface area contributed by atoms with Crippen molar-refractivity contribution in [3.05, 3.63) is 99.5 Å². The number of benzene rings is 1. The summed E-state index contributed by atoms with van der Waals surface area (Å²) >= 11 is 0. The van der Waals surface area contributed by atoms with E-state index < -0.39 is 0 Å². The SMILES string of the molecule is Cc1c(N2Cc3ccccc3C2COc2ccnc(C(=O)N3CCN(c4ccc(C#N)cn4)CC3)n2)cn[nH]c1=O. The Morgan fingerprint density at radius 3 is 2.71 bits per heavy atom. The molecule has 1 fully saturated rings. The first kappa shape index (κ1) is 25.9. The number of aromatic nitrogens is 5. The van der Waals surface area contributed by atoms with Crippen LogP contribution in [0, 0.1) is 18.3 Å². The van der Waals surface area contributed by atoms with Crippen molar-refractivity contribution in [2.24, 2.45) is 0 Å². The fraction of sp³-hybridized carbons (Fsp3) is 0.276. The molecule has 1 unspecified atom stereocenters. The Labute approximate surface area is 235 Å². The quantitative estimate of drug-likeness (QED) is 0.380. The normalized spacial score (nSPS) is 16.3. The number of piperazine rings is 1. The number of rotatable bonds is 6. The highest BCUT2D eigenvalue weighted by Gasteiger charge is 2.32. The van der Waals surface area contributed by atoms with Crippen LogP contribution in [-0.2, 0) is 6.54 Å². The van der Waals surface area contributed by atoms with Gasteiger partial charge in [0.25, 0.3) is 11.5 Å². The van der Waals surface area contributed by atoms with Gasteiger partial charge >= 0.3 is 0 Å². The monoisotopic (exact) mass is 549 g/mol. The van der Waals surface area contributed by atoms with E-state index in [-0.39, 0.29) is 29.9 Å². The summed E-state index contributed by atoms with van der Waals surface area (Å²) in [6.07, 6.45) is 4.74. The summed E-state index contributed by atoms with van der Waals surface area (Å²) in [7, 11) is 0. The van der Waals surface area contributed by atoms with Gasteiger partial charge in [0.1, 0.15) is 18.5 Å². The van der Waals surface area contributed by atoms with Crippen LogP contribution in [0.5, 0.6) is 5.88 Å². The predicted molar refractivity (Wildman–Crippen MR) is 150 cm³/mol. The van der Waals surface area contributed by atoms with Crippen molar-refractivity contribution < 1.29 is 9.53 Å². The van der Waals surface area contributed by atoms with Crippen LogP contribution >= 0.6 is 0 Å². The minimum atomic E-state index is -0.263. The maximum absolute atomic E-state index is 13.2. The molecule has 1 aromatic carbocycles. The smallest absolute Gasteiger partial charge is 0.291 e. The molecule has 12 heteroatoms. The summed E-state index contributed by atoms with van der Waals surface area (Å²) in [5.74, 6) is 0.886. The molecule has 1 saturated heterocycles. The van der Waals surface area contributed by atoms with Gasteiger partial charge in [0.05, 0.1) is 23.5 Å². The average molecular weight is 550 g/mol. The van der Waals surface area contributed by atoms with Crippen LogP contribution < -0.4 is 20.1 Å². The summed E-state index contributed by atoms with van der Waals surface area (Å²) in [6, 6.07) is 15.2. The number of ether oxygens (including phenoxy) is 1. The molecule has 6 rings (SSSR count). The first-order valence-electron chi connectivity index (χ1n) is 13.3. The van der Waals surface area contributed by atoms with Crippen LogP contribution in [0.4, 0.5) is 11.5 Å². The van der Waals surface area contributed by atoms with Crippen molar-refractivity contribution in [1.29, 1.82) is 5.26 Å². The molecule has 2 aliphatic rings. The molecule has 0 aliphatic carbocycles. The molecule has 0 radical (unpaired) electrons. The molecule has 0 bridgehead atoms. The van der Waals surface area contributed by atoms with Crippen LogP contribution in [0.3, 0.4) is 0 Å². The Balaban J connectivity index is 1.13. The molecule has 206 valence electrons. The Kier molecular flexibility index (Phi) is 6.99. The van der Waals surface area contributed by atoms with E-state index in [1.54, 1.807) is 36.4 Å². The van der Waals surface area contributed by atoms with Gasteiger partial charge in [-0.15, -0.1) is 0 Å². The lowest BCUT2D eigenvalue weighted by atomic mass is 10.1. The second kappa shape index (κ2) is 11.1. The van der Waals surface area contributed by atoms with Gasteiger partial charge in [0.15, 0.2) is 0 Å². The molecule has 12 nitrogen and oxygen atoms in total. The van der Waals surface area contributed by atoms with Crippen molar-refractivity contribution in [2.75, 3.05) is 42.6 Å². The number of nitrogens with one attached hydrogen (secondary N) is 1. The third kappa shape index (κ3) is 5.17. The number of amides is 1. The topological polar surface area (TPSA) is 144 Å². The number of H-pyrrole nitrogens is 1. The Morgan fingerprint density at radius 1 is 1.10 bits per heavy atom. The summed E-state index contributed by atoms with van der Waals surface area (Å²) in [4.78, 5) is 44.4. The largest absolute Gasteiger partial charge is 0.475 e. The lowest BCUT2D eigenvalue weighted by molar-refractivity contribution is 0.0732. The molecule has 0 saturated carbocycles. The molecular formula is C29H27N9O3. The number of fused-ring (bicyclic) bond motifs is 1. The van der Waals surface area contributed by atoms with E-state index in [9.17, 15) is 9.59 Å². The molecule has 3 aromatic heterocycles. The van der Waals surface area contributed by atoms with Gasteiger partial charge in [-0.2, -0.15) is 15.3 Å². The van der Waals surface area contributed by atoms with E-state index in [4.69, 9.17) is 10.00 Å². The highest BCUT2D eigenvalue weighted by molar-refractivity contribution is 5.90. The zero-order valence-electron chi connectivity index (χ0n) is 22.4. The van der Waals surface area contributed by atoms with Crippen molar-refractivity contribution in [2.45, 2.75) is 19.5 Å². The Bertz CT molecular complexity index is 1670. The number of carbonyl (C=O) groups is 1. The van der Waals surface area contributed by atoms with E-state index in [1.807, 2.05) is 18.2 Å². The number of aromatic amines is 1. The fourth-order valence-electron chi connectivity index (χ4n) is 5.25. The number of anilines is 2. The summed E-state index contributed by atoms with van der Waals surface area (Å²) in [5, 5.41) is 15.5. The fourth-order valence-corrected chi connectivity index (χ4v) is 5.25. The predicted octanol–water partition coefficient (Wildman–Crippen LogP) is 2.24. The Morgan fingerprint density at radius 2 is 1.93 bits per heavy atom. The van der Waals surface area contributed by atoms with Gasteiger partial charge in [0, 0.05) is 56.7 Å². The van der Waals surface area contributed by atoms with Gasteiger partial charge < -0.3 is 19.4 Å². The number of nitriles is 1. The van der Waals surface area contributed by atoms with Crippen LogP contribution in [0.15, 0.2) is 65.8 Å². The van der Waals surface area contributed by atoms with Crippen molar-refractivity contribution in [1.82, 2.24) is 30.0 Å². The van der Waals surface area contributed by atoms with Gasteiger partial charge in [-0.25, -0.2) is 15.1 Å². The van der Waals surface area contributed by atoms with Crippen molar-refractivity contribution in [3.63, 3.8) is 0 Å². The highest BCUT2D eigenvalue weighted by atomic mass is 16.5. The summed E-state index contributed by atoms with van der Waals surface area (Å²) < 4.78 is 6.13. The van der Waals surface area contributed by atoms with Crippen LogP contribution in [0.1, 0.15) is 38.9 Å². The van der Waals surface area contributed by atoms with Crippen LogP contribution in [0.2, 0.25) is 0 Å². The zero-order valence-corrected chi connectivity index (χ0v) is 22.4. The molecule has 5 heterocycles. The number of carbonyl (C=O) groups excluding carboxylic acids is 1. The second-order valence-corrected chi connectivity index (χ2v) is 9.88. The van der Waals surface area contributed by atoms with Gasteiger partial charge in [-0.3, -0.25) is 9.59 Å². The standard InChI is InChI=1S/C29H27N9O3/c1-19-23(16-33-35-28(19)39)38-17-21-4-2-3-5-22(21)24(38)18-41-26-8-9-31-27(34-26)29(40)37-12-10-36(11-13-37)25-7-6-20(14-30)15-32-25/h2-9,15-16,24H,10-13,17-18H2,1H3,(H,35,39). The summed E-state index contributed by atoms with van der Waals surface area (Å²) in [6.45, 7) is 4.85. The minimum absolute atomic E-state index is 0.0748. The summed E-state index contributed by atoms with van der Waals surface area (Å²) in [5.41, 5.74) is 3.86. The van der Waals surface area contributed by atoms with E-state index in [1.165, 1.54) is 6.20 Å². The highest BCUT2D eigenvalue weighted by Crippen LogP contribution is 2.38. The van der Waals surface area contributed by atoms with Crippen molar-refractivity contribution in [3.8, 4) is 11.9 Å². The maximum atomic E-state index is 13.2. The molecule has 4 aromatic rings. The average Bonchev–Trinajstić information content (AvgIpc) is 3.39. The van der Waals surface area contributed by atoms with Crippen LogP contribution in [0.25, 0.3) is 0 Å². The molecule has 1 atom stereocenters. The number of hydrogen-bond donors (Lipinski definition) is 1. The lowest BCUT2D eigenvalue weighted by Crippen LogP contribution is -2.49. The zero-order chi connectivity index (χ0) is 28.3. The second-order valence-electron chi connectivity index (χ2n) is 9.88. The van der Waals surface area contributed by atoms with Crippen LogP contribution in [-0.4, -0.2) is 68.7 Å². The first-order valence-corrected chi connectivity index (χ1v) is 13.3. The van der Waals surface area contributed by atoms with Gasteiger partial charge in [-0.1, -0.05) is 24.3 Å². The minimum Gasteiger partial charge on any atom is -0.475 e. The molecule has 0 spiro atoms. The van der Waals surface area contributed by atoms with Gasteiger partial charge in [-0.05, 0) is 30.2 Å². The molecule has 41 heavy (non-hydrogen) atoms. The third-order valence-corrected chi connectivity index (χ3v) is 7.50. The van der Waals surface area contributed by atoms with E-state index in [2.05, 4.69) is 53.2 Å². The van der Waals surface area contributed by atoms with E-state index in [0.29, 0.717) is 49.7 Å². The van der Waals surface area contributed by atoms with E-state index in [0.717, 1.165) is 22.6 Å². The number of nitrogens with zero attached hydrogens (tertiary/aromatic N) is 8. The molecule has 1 N–H and O–H groups in total. The number of pyridine rings is 1. The first-order chi connectivity index (χ1) is 20.0. The molecule has 2 aliphatic heterocycles. The molecule has 1 amide bonds.